The van der Waals surface area contributed by atoms with Gasteiger partial charge in [0.2, 0.25) is 0 Å². The number of phenolic OH excluding ortho intramolecular Hbond substituents is 1. The molecule has 3 aromatic heterocycles. The van der Waals surface area contributed by atoms with Crippen molar-refractivity contribution in [2.24, 2.45) is 0 Å². The molecule has 1 fully saturated rings. The third kappa shape index (κ3) is 3.40. The van der Waals surface area contributed by atoms with Gasteiger partial charge in [0.1, 0.15) is 16.4 Å². The van der Waals surface area contributed by atoms with E-state index in [1.807, 2.05) is 12.1 Å². The Labute approximate surface area is 201 Å². The number of phenols is 1. The van der Waals surface area contributed by atoms with Crippen LogP contribution in [-0.2, 0) is 6.54 Å². The fourth-order valence-electron chi connectivity index (χ4n) is 4.22. The van der Waals surface area contributed by atoms with E-state index < -0.39 is 0 Å². The van der Waals surface area contributed by atoms with E-state index in [-0.39, 0.29) is 16.3 Å². The van der Waals surface area contributed by atoms with Crippen LogP contribution >= 0.6 is 34.3 Å². The second-order valence-corrected chi connectivity index (χ2v) is 10.5. The fourth-order valence-corrected chi connectivity index (χ4v) is 6.12. The molecule has 0 unspecified atom stereocenters. The van der Waals surface area contributed by atoms with Crippen molar-refractivity contribution in [3.8, 4) is 22.9 Å². The lowest BCUT2D eigenvalue weighted by atomic mass is 10.0. The molecule has 0 bridgehead atoms. The van der Waals surface area contributed by atoms with Crippen LogP contribution in [0.4, 0.5) is 0 Å². The highest BCUT2D eigenvalue weighted by atomic mass is 35.5. The van der Waals surface area contributed by atoms with Gasteiger partial charge < -0.3 is 9.84 Å². The van der Waals surface area contributed by atoms with Gasteiger partial charge in [-0.05, 0) is 48.6 Å². The summed E-state index contributed by atoms with van der Waals surface area (Å²) in [5.41, 5.74) is 3.69. The first-order chi connectivity index (χ1) is 16.0. The molecule has 166 valence electrons. The van der Waals surface area contributed by atoms with Crippen molar-refractivity contribution in [2.45, 2.75) is 25.3 Å². The number of thiophene rings is 1. The largest absolute Gasteiger partial charge is 0.505 e. The van der Waals surface area contributed by atoms with Crippen LogP contribution in [0.25, 0.3) is 31.7 Å². The zero-order valence-corrected chi connectivity index (χ0v) is 19.9. The maximum atomic E-state index is 13.9. The van der Waals surface area contributed by atoms with Gasteiger partial charge in [-0.25, -0.2) is 4.98 Å². The first-order valence-electron chi connectivity index (χ1n) is 10.5. The van der Waals surface area contributed by atoms with Crippen LogP contribution in [0, 0.1) is 0 Å². The minimum atomic E-state index is -0.145. The van der Waals surface area contributed by atoms with Gasteiger partial charge in [0.15, 0.2) is 5.75 Å². The van der Waals surface area contributed by atoms with Crippen LogP contribution in [0.3, 0.4) is 0 Å². The normalized spacial score (nSPS) is 13.8. The van der Waals surface area contributed by atoms with Gasteiger partial charge in [0.05, 0.1) is 34.3 Å². The lowest BCUT2D eigenvalue weighted by molar-refractivity contribution is 0.414. The first kappa shape index (κ1) is 20.7. The highest BCUT2D eigenvalue weighted by Gasteiger charge is 2.29. The highest BCUT2D eigenvalue weighted by molar-refractivity contribution is 7.25. The van der Waals surface area contributed by atoms with Gasteiger partial charge in [0.25, 0.3) is 5.56 Å². The number of aromatic hydroxyl groups is 1. The number of benzene rings is 2. The minimum absolute atomic E-state index is 0.0183. The maximum Gasteiger partial charge on any atom is 0.263 e. The van der Waals surface area contributed by atoms with Crippen LogP contribution in [0.2, 0.25) is 5.02 Å². The molecule has 0 amide bonds. The average Bonchev–Trinajstić information content (AvgIpc) is 3.41. The van der Waals surface area contributed by atoms with E-state index in [1.165, 1.54) is 22.7 Å². The van der Waals surface area contributed by atoms with Gasteiger partial charge in [-0.15, -0.1) is 22.7 Å². The molecule has 2 aromatic carbocycles. The molecule has 5 aromatic rings. The summed E-state index contributed by atoms with van der Waals surface area (Å²) in [5.74, 6) is 1.82. The maximum absolute atomic E-state index is 13.9. The van der Waals surface area contributed by atoms with Gasteiger partial charge in [-0.2, -0.15) is 0 Å². The molecule has 0 atom stereocenters. The van der Waals surface area contributed by atoms with Crippen molar-refractivity contribution in [3.63, 3.8) is 0 Å². The van der Waals surface area contributed by atoms with Crippen LogP contribution in [0.5, 0.6) is 11.5 Å². The monoisotopic (exact) mass is 495 g/mol. The molecule has 1 aliphatic carbocycles. The highest BCUT2D eigenvalue weighted by Crippen LogP contribution is 2.46. The number of aromatic nitrogens is 3. The van der Waals surface area contributed by atoms with Crippen molar-refractivity contribution in [2.75, 3.05) is 7.11 Å². The summed E-state index contributed by atoms with van der Waals surface area (Å²) in [6, 6.07) is 9.34. The number of rotatable bonds is 5. The second kappa shape index (κ2) is 7.83. The summed E-state index contributed by atoms with van der Waals surface area (Å²) in [4.78, 5) is 24.6. The Morgan fingerprint density at radius 1 is 1.27 bits per heavy atom. The summed E-state index contributed by atoms with van der Waals surface area (Å²) in [6.07, 6.45) is 3.99. The molecule has 9 heteroatoms. The summed E-state index contributed by atoms with van der Waals surface area (Å²) in [6.45, 7) is 0.370. The smallest absolute Gasteiger partial charge is 0.263 e. The number of hydrogen-bond donors (Lipinski definition) is 1. The Bertz CT molecular complexity index is 1590. The van der Waals surface area contributed by atoms with Crippen LogP contribution in [-0.4, -0.2) is 26.8 Å². The SMILES string of the molecule is COc1ccc(-c2nc3sc4c(O)c(Cl)ccc4c3c(=O)n2Cc2cncs2)c(C2CC2)c1. The van der Waals surface area contributed by atoms with E-state index >= 15 is 0 Å². The third-order valence-corrected chi connectivity index (χ3v) is 8.18. The summed E-state index contributed by atoms with van der Waals surface area (Å²) in [5, 5.41) is 11.9. The number of hydrogen-bond acceptors (Lipinski definition) is 7. The zero-order chi connectivity index (χ0) is 22.7. The zero-order valence-electron chi connectivity index (χ0n) is 17.5. The van der Waals surface area contributed by atoms with E-state index in [2.05, 4.69) is 11.1 Å². The number of methoxy groups -OCH3 is 1. The van der Waals surface area contributed by atoms with Gasteiger partial charge in [0, 0.05) is 22.0 Å². The quantitative estimate of drug-likeness (QED) is 0.322. The summed E-state index contributed by atoms with van der Waals surface area (Å²) >= 11 is 8.92. The van der Waals surface area contributed by atoms with Gasteiger partial charge in [-0.3, -0.25) is 14.3 Å². The van der Waals surface area contributed by atoms with Crippen molar-refractivity contribution in [3.05, 3.63) is 67.9 Å². The standard InChI is InChI=1S/C24H18ClN3O3S2/c1-31-13-4-5-15(17(8-13)12-2-3-12)22-27-23-19(16-6-7-18(25)20(29)21(16)33-23)24(30)28(22)10-14-9-26-11-32-14/h4-9,11-12,29H,2-3,10H2,1H3. The number of fused-ring (bicyclic) bond motifs is 3. The summed E-state index contributed by atoms with van der Waals surface area (Å²) in [7, 11) is 1.66. The molecule has 3 heterocycles. The molecule has 1 saturated carbocycles. The second-order valence-electron chi connectivity index (χ2n) is 8.08. The Morgan fingerprint density at radius 2 is 2.12 bits per heavy atom. The molecule has 6 rings (SSSR count). The van der Waals surface area contributed by atoms with E-state index in [4.69, 9.17) is 21.3 Å². The van der Waals surface area contributed by atoms with Crippen molar-refractivity contribution >= 4 is 54.6 Å². The number of halogens is 1. The Hall–Kier alpha value is -2.94. The molecular weight excluding hydrogens is 478 g/mol. The van der Waals surface area contributed by atoms with Crippen LogP contribution < -0.4 is 10.3 Å². The minimum Gasteiger partial charge on any atom is -0.505 e. The van der Waals surface area contributed by atoms with E-state index in [9.17, 15) is 9.90 Å². The van der Waals surface area contributed by atoms with Gasteiger partial charge in [-0.1, -0.05) is 17.7 Å². The van der Waals surface area contributed by atoms with E-state index in [0.29, 0.717) is 38.6 Å². The lowest BCUT2D eigenvalue weighted by Crippen LogP contribution is -2.23. The third-order valence-electron chi connectivity index (χ3n) is 6.00. The molecule has 0 saturated heterocycles. The number of nitrogens with zero attached hydrogens (tertiary/aromatic N) is 3. The predicted octanol–water partition coefficient (Wildman–Crippen LogP) is 6.03. The van der Waals surface area contributed by atoms with Crippen molar-refractivity contribution < 1.29 is 9.84 Å². The van der Waals surface area contributed by atoms with Crippen molar-refractivity contribution in [1.82, 2.24) is 14.5 Å². The molecule has 0 radical (unpaired) electrons. The Balaban J connectivity index is 1.68. The molecule has 0 spiro atoms. The molecule has 1 N–H and O–H groups in total. The Kier molecular flexibility index (Phi) is 4.90. The van der Waals surface area contributed by atoms with Gasteiger partial charge >= 0.3 is 0 Å². The first-order valence-corrected chi connectivity index (χ1v) is 12.5. The molecule has 1 aliphatic rings. The number of thiazole rings is 1. The van der Waals surface area contributed by atoms with E-state index in [1.54, 1.807) is 35.5 Å². The van der Waals surface area contributed by atoms with Crippen LogP contribution in [0.15, 0.2) is 46.8 Å². The average molecular weight is 496 g/mol. The summed E-state index contributed by atoms with van der Waals surface area (Å²) < 4.78 is 7.76. The van der Waals surface area contributed by atoms with Crippen molar-refractivity contribution in [1.29, 1.82) is 0 Å². The van der Waals surface area contributed by atoms with Crippen LogP contribution in [0.1, 0.15) is 29.2 Å². The molecule has 33 heavy (non-hydrogen) atoms. The molecule has 6 nitrogen and oxygen atoms in total. The Morgan fingerprint density at radius 3 is 2.85 bits per heavy atom. The number of ether oxygens (including phenoxy) is 1. The van der Waals surface area contributed by atoms with E-state index in [0.717, 1.165) is 34.6 Å². The topological polar surface area (TPSA) is 77.2 Å². The lowest BCUT2D eigenvalue weighted by Gasteiger charge is -2.16. The molecule has 0 aliphatic heterocycles. The predicted molar refractivity (Wildman–Crippen MR) is 133 cm³/mol. The molecular formula is C24H18ClN3O3S2. The fraction of sp³-hybridized carbons (Fsp3) is 0.208.